The third-order valence-corrected chi connectivity index (χ3v) is 1.72. The van der Waals surface area contributed by atoms with E-state index in [-0.39, 0.29) is 0 Å². The monoisotopic (exact) mass is 194 g/mol. The van der Waals surface area contributed by atoms with Gasteiger partial charge in [0.15, 0.2) is 0 Å². The topological polar surface area (TPSA) is 26.3 Å². The van der Waals surface area contributed by atoms with Crippen LogP contribution in [-0.4, -0.2) is 13.1 Å². The molecule has 0 N–H and O–H groups in total. The summed E-state index contributed by atoms with van der Waals surface area (Å²) >= 11 is 0. The van der Waals surface area contributed by atoms with Gasteiger partial charge in [0.2, 0.25) is 0 Å². The Balaban J connectivity index is 2.63. The van der Waals surface area contributed by atoms with E-state index in [1.807, 2.05) is 0 Å². The lowest BCUT2D eigenvalue weighted by Crippen LogP contribution is -1.95. The van der Waals surface area contributed by atoms with E-state index in [2.05, 4.69) is 4.74 Å². The fourth-order valence-corrected chi connectivity index (χ4v) is 0.979. The van der Waals surface area contributed by atoms with E-state index >= 15 is 0 Å². The lowest BCUT2D eigenvalue weighted by atomic mass is 10.1. The molecule has 3 heteroatoms. The summed E-state index contributed by atoms with van der Waals surface area (Å²) in [7, 11) is 1.25. The molecule has 0 amide bonds. The Morgan fingerprint density at radius 3 is 2.64 bits per heavy atom. The zero-order chi connectivity index (χ0) is 10.4. The Kier molecular flexibility index (Phi) is 3.85. The number of ether oxygens (including phenoxy) is 1. The van der Waals surface area contributed by atoms with Crippen molar-refractivity contribution in [2.75, 3.05) is 7.11 Å². The second kappa shape index (κ2) is 5.17. The largest absolute Gasteiger partial charge is 0.466 e. The quantitative estimate of drug-likeness (QED) is 0.545. The minimum Gasteiger partial charge on any atom is -0.466 e. The Bertz CT molecular complexity index is 319. The maximum atomic E-state index is 13.3. The summed E-state index contributed by atoms with van der Waals surface area (Å²) in [4.78, 5) is 10.7. The number of methoxy groups -OCH3 is 1. The second-order valence-electron chi connectivity index (χ2n) is 2.69. The predicted molar refractivity (Wildman–Crippen MR) is 51.4 cm³/mol. The molecule has 0 heterocycles. The van der Waals surface area contributed by atoms with E-state index in [4.69, 9.17) is 0 Å². The van der Waals surface area contributed by atoms with Crippen molar-refractivity contribution < 1.29 is 13.9 Å². The van der Waals surface area contributed by atoms with Crippen molar-refractivity contribution in [1.29, 1.82) is 0 Å². The molecule has 0 aliphatic carbocycles. The Morgan fingerprint density at radius 1 is 1.43 bits per heavy atom. The van der Waals surface area contributed by atoms with E-state index in [0.29, 0.717) is 5.56 Å². The molecular weight excluding hydrogens is 183 g/mol. The Hall–Kier alpha value is -1.64. The molecule has 0 saturated heterocycles. The number of halogens is 1. The van der Waals surface area contributed by atoms with Crippen LogP contribution in [0.25, 0.3) is 0 Å². The van der Waals surface area contributed by atoms with Gasteiger partial charge in [-0.25, -0.2) is 9.18 Å². The van der Waals surface area contributed by atoms with Crippen molar-refractivity contribution in [2.45, 2.75) is 6.17 Å². The standard InChI is InChI=1S/C11H11FO2/c1-14-11(13)8-7-10(12)9-5-3-2-4-6-9/h2-8,10H,1H3/b8-7+/t10-/m0/s1. The van der Waals surface area contributed by atoms with E-state index < -0.39 is 12.1 Å². The summed E-state index contributed by atoms with van der Waals surface area (Å²) in [5.41, 5.74) is 0.521. The molecule has 14 heavy (non-hydrogen) atoms. The van der Waals surface area contributed by atoms with Crippen LogP contribution < -0.4 is 0 Å². The van der Waals surface area contributed by atoms with Crippen LogP contribution in [0.3, 0.4) is 0 Å². The smallest absolute Gasteiger partial charge is 0.330 e. The molecule has 1 aromatic rings. The first-order valence-electron chi connectivity index (χ1n) is 4.19. The summed E-state index contributed by atoms with van der Waals surface area (Å²) in [5.74, 6) is -0.552. The van der Waals surface area contributed by atoms with Crippen LogP contribution in [0.15, 0.2) is 42.5 Å². The fraction of sp³-hybridized carbons (Fsp3) is 0.182. The van der Waals surface area contributed by atoms with Gasteiger partial charge >= 0.3 is 5.97 Å². The maximum absolute atomic E-state index is 13.3. The second-order valence-corrected chi connectivity index (χ2v) is 2.69. The molecule has 0 saturated carbocycles. The molecule has 0 unspecified atom stereocenters. The minimum absolute atomic E-state index is 0.521. The summed E-state index contributed by atoms with van der Waals surface area (Å²) in [6.45, 7) is 0. The SMILES string of the molecule is COC(=O)/C=C/[C@H](F)c1ccccc1. The van der Waals surface area contributed by atoms with Gasteiger partial charge < -0.3 is 4.74 Å². The number of carbonyl (C=O) groups is 1. The molecule has 74 valence electrons. The lowest BCUT2D eigenvalue weighted by molar-refractivity contribution is -0.134. The molecule has 1 atom stereocenters. The van der Waals surface area contributed by atoms with Crippen LogP contribution >= 0.6 is 0 Å². The van der Waals surface area contributed by atoms with Crippen molar-refractivity contribution in [2.24, 2.45) is 0 Å². The van der Waals surface area contributed by atoms with Crippen LogP contribution in [0.2, 0.25) is 0 Å². The molecule has 0 aliphatic rings. The van der Waals surface area contributed by atoms with Gasteiger partial charge in [0, 0.05) is 6.08 Å². The summed E-state index contributed by atoms with van der Waals surface area (Å²) in [6.07, 6.45) is 0.981. The number of hydrogen-bond acceptors (Lipinski definition) is 2. The number of benzene rings is 1. The molecule has 0 fully saturated rings. The van der Waals surface area contributed by atoms with Crippen molar-refractivity contribution in [1.82, 2.24) is 0 Å². The number of rotatable bonds is 3. The highest BCUT2D eigenvalue weighted by atomic mass is 19.1. The molecule has 0 aromatic heterocycles. The molecule has 0 spiro atoms. The lowest BCUT2D eigenvalue weighted by Gasteiger charge is -2.01. The highest BCUT2D eigenvalue weighted by Gasteiger charge is 2.04. The van der Waals surface area contributed by atoms with Crippen LogP contribution in [0.4, 0.5) is 4.39 Å². The van der Waals surface area contributed by atoms with Gasteiger partial charge in [0.05, 0.1) is 7.11 Å². The van der Waals surface area contributed by atoms with E-state index in [1.54, 1.807) is 30.3 Å². The maximum Gasteiger partial charge on any atom is 0.330 e. The summed E-state index contributed by atoms with van der Waals surface area (Å²) < 4.78 is 17.7. The molecule has 1 rings (SSSR count). The first kappa shape index (κ1) is 10.4. The number of carbonyl (C=O) groups excluding carboxylic acids is 1. The Morgan fingerprint density at radius 2 is 2.07 bits per heavy atom. The third kappa shape index (κ3) is 3.01. The average molecular weight is 194 g/mol. The average Bonchev–Trinajstić information content (AvgIpc) is 2.26. The number of allylic oxidation sites excluding steroid dienone is 1. The molecule has 0 radical (unpaired) electrons. The normalized spacial score (nSPS) is 12.7. The van der Waals surface area contributed by atoms with Crippen molar-refractivity contribution in [3.63, 3.8) is 0 Å². The molecule has 1 aromatic carbocycles. The van der Waals surface area contributed by atoms with Gasteiger partial charge in [0.1, 0.15) is 6.17 Å². The van der Waals surface area contributed by atoms with Crippen molar-refractivity contribution in [3.8, 4) is 0 Å². The van der Waals surface area contributed by atoms with Gasteiger partial charge in [-0.2, -0.15) is 0 Å². The van der Waals surface area contributed by atoms with Crippen LogP contribution in [0.5, 0.6) is 0 Å². The summed E-state index contributed by atoms with van der Waals surface area (Å²) in [5, 5.41) is 0. The molecule has 2 nitrogen and oxygen atoms in total. The molecule has 0 aliphatic heterocycles. The van der Waals surface area contributed by atoms with E-state index in [0.717, 1.165) is 6.08 Å². The predicted octanol–water partition coefficient (Wildman–Crippen LogP) is 2.43. The van der Waals surface area contributed by atoms with Gasteiger partial charge in [-0.15, -0.1) is 0 Å². The van der Waals surface area contributed by atoms with Crippen LogP contribution in [-0.2, 0) is 9.53 Å². The summed E-state index contributed by atoms with van der Waals surface area (Å²) in [6, 6.07) is 8.61. The minimum atomic E-state index is -1.27. The first-order chi connectivity index (χ1) is 6.74. The highest BCUT2D eigenvalue weighted by molar-refractivity contribution is 5.81. The van der Waals surface area contributed by atoms with E-state index in [1.165, 1.54) is 13.2 Å². The van der Waals surface area contributed by atoms with Crippen LogP contribution in [0.1, 0.15) is 11.7 Å². The Labute approximate surface area is 82.0 Å². The van der Waals surface area contributed by atoms with Gasteiger partial charge in [-0.1, -0.05) is 30.3 Å². The van der Waals surface area contributed by atoms with E-state index in [9.17, 15) is 9.18 Å². The van der Waals surface area contributed by atoms with Gasteiger partial charge in [-0.05, 0) is 11.6 Å². The van der Waals surface area contributed by atoms with Crippen molar-refractivity contribution >= 4 is 5.97 Å². The molecule has 0 bridgehead atoms. The highest BCUT2D eigenvalue weighted by Crippen LogP contribution is 2.17. The van der Waals surface area contributed by atoms with Crippen LogP contribution in [0, 0.1) is 0 Å². The number of hydrogen-bond donors (Lipinski definition) is 0. The zero-order valence-corrected chi connectivity index (χ0v) is 7.81. The fourth-order valence-electron chi connectivity index (χ4n) is 0.979. The number of esters is 1. The van der Waals surface area contributed by atoms with Gasteiger partial charge in [0.25, 0.3) is 0 Å². The molecular formula is C11H11FO2. The third-order valence-electron chi connectivity index (χ3n) is 1.72. The number of alkyl halides is 1. The van der Waals surface area contributed by atoms with Crippen molar-refractivity contribution in [3.05, 3.63) is 48.0 Å². The van der Waals surface area contributed by atoms with Gasteiger partial charge in [-0.3, -0.25) is 0 Å². The zero-order valence-electron chi connectivity index (χ0n) is 7.81. The first-order valence-corrected chi connectivity index (χ1v) is 4.19.